The minimum atomic E-state index is -3.95. The molecule has 0 aliphatic heterocycles. The van der Waals surface area contributed by atoms with Crippen molar-refractivity contribution in [1.29, 1.82) is 0 Å². The molecule has 1 aromatic heterocycles. The van der Waals surface area contributed by atoms with Crippen molar-refractivity contribution in [3.63, 3.8) is 0 Å². The van der Waals surface area contributed by atoms with Crippen LogP contribution in [0.15, 0.2) is 72.8 Å². The second kappa shape index (κ2) is 7.58. The maximum atomic E-state index is 10.7. The predicted octanol–water partition coefficient (Wildman–Crippen LogP) is 4.71. The Hall–Kier alpha value is -2.96. The summed E-state index contributed by atoms with van der Waals surface area (Å²) in [5.41, 5.74) is 2.83. The molecule has 0 spiro atoms. The van der Waals surface area contributed by atoms with Crippen molar-refractivity contribution < 1.29 is 17.7 Å². The number of hydrogen-bond donors (Lipinski definition) is 1. The fraction of sp³-hybridized carbons (Fsp3) is 0.136. The van der Waals surface area contributed by atoms with Crippen molar-refractivity contribution in [2.24, 2.45) is 0 Å². The number of nitrogens with zero attached hydrogens (tertiary/aromatic N) is 1. The van der Waals surface area contributed by atoms with Crippen LogP contribution in [0.4, 0.5) is 0 Å². The van der Waals surface area contributed by atoms with Gasteiger partial charge in [-0.3, -0.25) is 4.55 Å². The number of ether oxygens (including phenoxy) is 1. The Morgan fingerprint density at radius 3 is 2.18 bits per heavy atom. The molecule has 5 nitrogen and oxygen atoms in total. The standard InChI is InChI=1S/C22H19NO4S/c24-28(25,26)15-5-14-27-17-12-10-16(11-13-17)22-20-8-2-1-6-18(20)19-7-3-4-9-21(19)23-22/h1-4,6-13H,5,14-15H2,(H,24,25,26). The molecule has 3 aromatic carbocycles. The summed E-state index contributed by atoms with van der Waals surface area (Å²) in [6.07, 6.45) is 0.234. The summed E-state index contributed by atoms with van der Waals surface area (Å²) < 4.78 is 35.8. The van der Waals surface area contributed by atoms with E-state index in [1.54, 1.807) is 0 Å². The van der Waals surface area contributed by atoms with Gasteiger partial charge in [-0.15, -0.1) is 0 Å². The van der Waals surface area contributed by atoms with Gasteiger partial charge in [0.1, 0.15) is 5.75 Å². The number of para-hydroxylation sites is 1. The highest BCUT2D eigenvalue weighted by molar-refractivity contribution is 7.85. The monoisotopic (exact) mass is 393 g/mol. The van der Waals surface area contributed by atoms with Crippen molar-refractivity contribution in [3.8, 4) is 17.0 Å². The number of benzene rings is 3. The van der Waals surface area contributed by atoms with Gasteiger partial charge in [-0.05, 0) is 42.1 Å². The summed E-state index contributed by atoms with van der Waals surface area (Å²) >= 11 is 0. The second-order valence-electron chi connectivity index (χ2n) is 6.54. The lowest BCUT2D eigenvalue weighted by Gasteiger charge is -2.11. The average molecular weight is 393 g/mol. The molecule has 0 bridgehead atoms. The molecule has 1 heterocycles. The summed E-state index contributed by atoms with van der Waals surface area (Å²) in [7, 11) is -3.95. The van der Waals surface area contributed by atoms with E-state index in [2.05, 4.69) is 18.2 Å². The zero-order valence-electron chi connectivity index (χ0n) is 15.1. The Kier molecular flexibility index (Phi) is 4.98. The molecule has 142 valence electrons. The van der Waals surface area contributed by atoms with Crippen LogP contribution >= 0.6 is 0 Å². The topological polar surface area (TPSA) is 76.5 Å². The average Bonchev–Trinajstić information content (AvgIpc) is 2.70. The van der Waals surface area contributed by atoms with Gasteiger partial charge in [-0.1, -0.05) is 42.5 Å². The Bertz CT molecular complexity index is 1230. The van der Waals surface area contributed by atoms with E-state index in [9.17, 15) is 8.42 Å². The first-order valence-electron chi connectivity index (χ1n) is 8.97. The zero-order chi connectivity index (χ0) is 19.6. The fourth-order valence-electron chi connectivity index (χ4n) is 3.26. The number of pyridine rings is 1. The third-order valence-electron chi connectivity index (χ3n) is 4.55. The van der Waals surface area contributed by atoms with Crippen molar-refractivity contribution in [2.75, 3.05) is 12.4 Å². The van der Waals surface area contributed by atoms with Crippen LogP contribution in [0.1, 0.15) is 6.42 Å². The van der Waals surface area contributed by atoms with Gasteiger partial charge in [0.2, 0.25) is 0 Å². The molecule has 0 radical (unpaired) electrons. The van der Waals surface area contributed by atoms with Gasteiger partial charge in [0, 0.05) is 16.3 Å². The third kappa shape index (κ3) is 3.98. The molecule has 0 fully saturated rings. The highest BCUT2D eigenvalue weighted by Crippen LogP contribution is 2.32. The molecular weight excluding hydrogens is 374 g/mol. The van der Waals surface area contributed by atoms with Crippen LogP contribution in [0.3, 0.4) is 0 Å². The highest BCUT2D eigenvalue weighted by Gasteiger charge is 2.10. The van der Waals surface area contributed by atoms with E-state index in [0.717, 1.165) is 32.9 Å². The van der Waals surface area contributed by atoms with Crippen molar-refractivity contribution in [2.45, 2.75) is 6.42 Å². The maximum absolute atomic E-state index is 10.7. The van der Waals surface area contributed by atoms with Gasteiger partial charge in [0.05, 0.1) is 23.6 Å². The summed E-state index contributed by atoms with van der Waals surface area (Å²) in [6, 6.07) is 23.9. The first-order valence-corrected chi connectivity index (χ1v) is 10.6. The van der Waals surface area contributed by atoms with E-state index >= 15 is 0 Å². The van der Waals surface area contributed by atoms with Gasteiger partial charge in [-0.2, -0.15) is 8.42 Å². The molecule has 4 rings (SSSR count). The highest BCUT2D eigenvalue weighted by atomic mass is 32.2. The maximum Gasteiger partial charge on any atom is 0.264 e. The largest absolute Gasteiger partial charge is 0.494 e. The molecule has 0 saturated carbocycles. The van der Waals surface area contributed by atoms with Gasteiger partial charge >= 0.3 is 0 Å². The van der Waals surface area contributed by atoms with Crippen molar-refractivity contribution in [1.82, 2.24) is 4.98 Å². The minimum Gasteiger partial charge on any atom is -0.494 e. The van der Waals surface area contributed by atoms with Crippen molar-refractivity contribution in [3.05, 3.63) is 72.8 Å². The number of fused-ring (bicyclic) bond motifs is 3. The summed E-state index contributed by atoms with van der Waals surface area (Å²) in [4.78, 5) is 4.87. The third-order valence-corrected chi connectivity index (χ3v) is 5.36. The quantitative estimate of drug-likeness (QED) is 0.292. The number of hydrogen-bond acceptors (Lipinski definition) is 4. The molecule has 4 aromatic rings. The SMILES string of the molecule is O=S(=O)(O)CCCOc1ccc(-c2nc3ccccc3c3ccccc23)cc1. The molecule has 0 aliphatic carbocycles. The molecular formula is C22H19NO4S. The molecule has 0 unspecified atom stereocenters. The van der Waals surface area contributed by atoms with Crippen LogP contribution in [0, 0.1) is 0 Å². The molecule has 0 saturated heterocycles. The molecule has 0 aliphatic rings. The smallest absolute Gasteiger partial charge is 0.264 e. The first-order chi connectivity index (χ1) is 13.5. The van der Waals surface area contributed by atoms with E-state index in [-0.39, 0.29) is 18.8 Å². The zero-order valence-corrected chi connectivity index (χ0v) is 15.9. The lowest BCUT2D eigenvalue weighted by atomic mass is 10.00. The molecule has 6 heteroatoms. The van der Waals surface area contributed by atoms with Gasteiger partial charge in [0.25, 0.3) is 10.1 Å². The Morgan fingerprint density at radius 2 is 1.46 bits per heavy atom. The molecule has 0 atom stereocenters. The van der Waals surface area contributed by atoms with Crippen LogP contribution in [-0.2, 0) is 10.1 Å². The summed E-state index contributed by atoms with van der Waals surface area (Å²) in [6.45, 7) is 0.219. The summed E-state index contributed by atoms with van der Waals surface area (Å²) in [5, 5.41) is 3.37. The molecule has 1 N–H and O–H groups in total. The Labute approximate surface area is 163 Å². The number of rotatable bonds is 6. The normalized spacial score (nSPS) is 11.8. The minimum absolute atomic E-state index is 0.219. The molecule has 0 amide bonds. The van der Waals surface area contributed by atoms with Crippen LogP contribution in [0.25, 0.3) is 32.9 Å². The van der Waals surface area contributed by atoms with Gasteiger partial charge < -0.3 is 4.74 Å². The predicted molar refractivity (Wildman–Crippen MR) is 111 cm³/mol. The molecule has 28 heavy (non-hydrogen) atoms. The van der Waals surface area contributed by atoms with Crippen LogP contribution in [-0.4, -0.2) is 30.3 Å². The van der Waals surface area contributed by atoms with E-state index in [1.165, 1.54) is 0 Å². The Balaban J connectivity index is 1.63. The first kappa shape index (κ1) is 18.4. The van der Waals surface area contributed by atoms with E-state index in [1.807, 2.05) is 54.6 Å². The van der Waals surface area contributed by atoms with Gasteiger partial charge in [0.15, 0.2) is 0 Å². The van der Waals surface area contributed by atoms with Crippen LogP contribution in [0.5, 0.6) is 5.75 Å². The fourth-order valence-corrected chi connectivity index (χ4v) is 3.75. The second-order valence-corrected chi connectivity index (χ2v) is 8.11. The Morgan fingerprint density at radius 1 is 0.821 bits per heavy atom. The lowest BCUT2D eigenvalue weighted by Crippen LogP contribution is -2.08. The number of aromatic nitrogens is 1. The van der Waals surface area contributed by atoms with Crippen LogP contribution in [0.2, 0.25) is 0 Å². The van der Waals surface area contributed by atoms with Crippen molar-refractivity contribution >= 4 is 31.8 Å². The van der Waals surface area contributed by atoms with E-state index in [0.29, 0.717) is 5.75 Å². The van der Waals surface area contributed by atoms with Crippen LogP contribution < -0.4 is 4.74 Å². The van der Waals surface area contributed by atoms with E-state index < -0.39 is 10.1 Å². The van der Waals surface area contributed by atoms with Gasteiger partial charge in [-0.25, -0.2) is 4.98 Å². The lowest BCUT2D eigenvalue weighted by molar-refractivity contribution is 0.316. The summed E-state index contributed by atoms with van der Waals surface area (Å²) in [5.74, 6) is 0.335. The van der Waals surface area contributed by atoms with E-state index in [4.69, 9.17) is 14.3 Å².